The second-order valence-electron chi connectivity index (χ2n) is 5.87. The molecule has 2 aliphatic rings. The van der Waals surface area contributed by atoms with Crippen LogP contribution in [0.15, 0.2) is 24.3 Å². The van der Waals surface area contributed by atoms with Crippen molar-refractivity contribution in [2.75, 3.05) is 12.8 Å². The lowest BCUT2D eigenvalue weighted by Gasteiger charge is -2.33. The van der Waals surface area contributed by atoms with Crippen molar-refractivity contribution < 1.29 is 4.74 Å². The van der Waals surface area contributed by atoms with Crippen LogP contribution in [-0.2, 0) is 0 Å². The van der Waals surface area contributed by atoms with Crippen LogP contribution in [-0.4, -0.2) is 23.7 Å². The molecule has 1 aromatic carbocycles. The van der Waals surface area contributed by atoms with E-state index in [4.69, 9.17) is 4.74 Å². The van der Waals surface area contributed by atoms with E-state index in [0.717, 1.165) is 5.75 Å². The van der Waals surface area contributed by atoms with E-state index in [1.807, 2.05) is 0 Å². The fourth-order valence-electron chi connectivity index (χ4n) is 2.97. The van der Waals surface area contributed by atoms with Crippen molar-refractivity contribution in [3.05, 3.63) is 29.8 Å². The van der Waals surface area contributed by atoms with Gasteiger partial charge in [-0.25, -0.2) is 0 Å². The molecule has 104 valence electrons. The highest BCUT2D eigenvalue weighted by Crippen LogP contribution is 2.46. The summed E-state index contributed by atoms with van der Waals surface area (Å²) in [7, 11) is 2.07. The third kappa shape index (κ3) is 2.92. The van der Waals surface area contributed by atoms with E-state index < -0.39 is 0 Å². The second-order valence-corrected chi connectivity index (χ2v) is 7.50. The van der Waals surface area contributed by atoms with Crippen molar-refractivity contribution in [2.45, 2.75) is 49.5 Å². The summed E-state index contributed by atoms with van der Waals surface area (Å²) in [6.07, 6.45) is 5.55. The zero-order valence-electron chi connectivity index (χ0n) is 11.8. The average molecular weight is 277 g/mol. The zero-order valence-corrected chi connectivity index (χ0v) is 12.6. The molecular weight excluding hydrogens is 254 g/mol. The zero-order chi connectivity index (χ0) is 13.3. The van der Waals surface area contributed by atoms with Crippen molar-refractivity contribution in [3.63, 3.8) is 0 Å². The molecule has 2 nitrogen and oxygen atoms in total. The first-order valence-corrected chi connectivity index (χ1v) is 8.28. The van der Waals surface area contributed by atoms with Crippen molar-refractivity contribution >= 4 is 11.8 Å². The van der Waals surface area contributed by atoms with Gasteiger partial charge in [-0.05, 0) is 63.1 Å². The monoisotopic (exact) mass is 277 g/mol. The van der Waals surface area contributed by atoms with Crippen LogP contribution in [0.25, 0.3) is 0 Å². The lowest BCUT2D eigenvalue weighted by atomic mass is 9.90. The second kappa shape index (κ2) is 5.37. The van der Waals surface area contributed by atoms with Crippen LogP contribution < -0.4 is 10.1 Å². The van der Waals surface area contributed by atoms with E-state index >= 15 is 0 Å². The maximum atomic E-state index is 5.82. The standard InChI is InChI=1S/C16H23NOS/c1-16(10-3-11-19-16)15(17-2)12-4-6-13(7-5-12)18-14-8-9-14/h4-7,14-15,17H,3,8-11H2,1-2H3. The van der Waals surface area contributed by atoms with E-state index in [-0.39, 0.29) is 0 Å². The first-order chi connectivity index (χ1) is 9.21. The molecule has 1 saturated heterocycles. The summed E-state index contributed by atoms with van der Waals surface area (Å²) in [4.78, 5) is 0. The summed E-state index contributed by atoms with van der Waals surface area (Å²) in [6.45, 7) is 2.39. The summed E-state index contributed by atoms with van der Waals surface area (Å²) < 4.78 is 6.15. The third-order valence-corrected chi connectivity index (χ3v) is 5.78. The fourth-order valence-corrected chi connectivity index (χ4v) is 4.43. The molecule has 0 radical (unpaired) electrons. The van der Waals surface area contributed by atoms with Gasteiger partial charge in [0.2, 0.25) is 0 Å². The maximum absolute atomic E-state index is 5.82. The number of rotatable bonds is 5. The average Bonchev–Trinajstić information content (AvgIpc) is 3.12. The minimum atomic E-state index is 0.327. The predicted molar refractivity (Wildman–Crippen MR) is 82.0 cm³/mol. The van der Waals surface area contributed by atoms with Gasteiger partial charge in [0.1, 0.15) is 5.75 Å². The molecule has 2 unspecified atom stereocenters. The molecule has 19 heavy (non-hydrogen) atoms. The minimum Gasteiger partial charge on any atom is -0.490 e. The Hall–Kier alpha value is -0.670. The maximum Gasteiger partial charge on any atom is 0.119 e. The van der Waals surface area contributed by atoms with Crippen LogP contribution in [0.5, 0.6) is 5.75 Å². The summed E-state index contributed by atoms with van der Waals surface area (Å²) in [5.74, 6) is 2.31. The van der Waals surface area contributed by atoms with Crippen molar-refractivity contribution in [2.24, 2.45) is 0 Å². The largest absolute Gasteiger partial charge is 0.490 e. The Labute approximate surface area is 120 Å². The molecule has 1 aliphatic carbocycles. The Bertz CT molecular complexity index is 421. The Morgan fingerprint density at radius 1 is 1.32 bits per heavy atom. The normalized spacial score (nSPS) is 28.3. The molecule has 2 fully saturated rings. The highest BCUT2D eigenvalue weighted by molar-refractivity contribution is 8.00. The Kier molecular flexibility index (Phi) is 3.77. The van der Waals surface area contributed by atoms with Crippen LogP contribution in [0, 0.1) is 0 Å². The molecule has 3 heteroatoms. The quantitative estimate of drug-likeness (QED) is 0.885. The topological polar surface area (TPSA) is 21.3 Å². The van der Waals surface area contributed by atoms with Crippen LogP contribution in [0.4, 0.5) is 0 Å². The van der Waals surface area contributed by atoms with E-state index in [2.05, 4.69) is 55.3 Å². The smallest absolute Gasteiger partial charge is 0.119 e. The number of ether oxygens (including phenoxy) is 1. The van der Waals surface area contributed by atoms with Crippen LogP contribution in [0.1, 0.15) is 44.2 Å². The van der Waals surface area contributed by atoms with Gasteiger partial charge in [-0.1, -0.05) is 12.1 Å². The first kappa shape index (κ1) is 13.3. The number of nitrogens with one attached hydrogen (secondary N) is 1. The molecule has 1 aromatic rings. The van der Waals surface area contributed by atoms with Gasteiger partial charge in [-0.15, -0.1) is 0 Å². The molecule has 0 amide bonds. The van der Waals surface area contributed by atoms with Gasteiger partial charge in [0, 0.05) is 10.8 Å². The van der Waals surface area contributed by atoms with Crippen molar-refractivity contribution in [3.8, 4) is 5.75 Å². The molecule has 2 atom stereocenters. The van der Waals surface area contributed by atoms with Crippen molar-refractivity contribution in [1.29, 1.82) is 0 Å². The number of benzene rings is 1. The van der Waals surface area contributed by atoms with Gasteiger partial charge in [-0.3, -0.25) is 0 Å². The lowest BCUT2D eigenvalue weighted by Crippen LogP contribution is -2.35. The Morgan fingerprint density at radius 3 is 2.58 bits per heavy atom. The molecule has 1 N–H and O–H groups in total. The Morgan fingerprint density at radius 2 is 2.05 bits per heavy atom. The van der Waals surface area contributed by atoms with Crippen LogP contribution in [0.3, 0.4) is 0 Å². The number of hydrogen-bond acceptors (Lipinski definition) is 3. The number of hydrogen-bond donors (Lipinski definition) is 1. The molecule has 0 spiro atoms. The van der Waals surface area contributed by atoms with Crippen molar-refractivity contribution in [1.82, 2.24) is 5.32 Å². The molecule has 1 aliphatic heterocycles. The van der Waals surface area contributed by atoms with E-state index in [1.54, 1.807) is 0 Å². The summed E-state index contributed by atoms with van der Waals surface area (Å²) in [5, 5.41) is 3.51. The SMILES string of the molecule is CNC(c1ccc(OC2CC2)cc1)C1(C)CCCS1. The highest BCUT2D eigenvalue weighted by Gasteiger charge is 2.37. The molecule has 1 saturated carbocycles. The predicted octanol–water partition coefficient (Wildman–Crippen LogP) is 3.77. The van der Waals surface area contributed by atoms with E-state index in [1.165, 1.54) is 37.0 Å². The van der Waals surface area contributed by atoms with Gasteiger partial charge in [0.25, 0.3) is 0 Å². The van der Waals surface area contributed by atoms with Crippen LogP contribution in [0.2, 0.25) is 0 Å². The minimum absolute atomic E-state index is 0.327. The molecule has 0 aromatic heterocycles. The van der Waals surface area contributed by atoms with E-state index in [0.29, 0.717) is 16.9 Å². The summed E-state index contributed by atoms with van der Waals surface area (Å²) >= 11 is 2.10. The summed E-state index contributed by atoms with van der Waals surface area (Å²) in [5.41, 5.74) is 1.38. The van der Waals surface area contributed by atoms with Gasteiger partial charge >= 0.3 is 0 Å². The lowest BCUT2D eigenvalue weighted by molar-refractivity contribution is 0.303. The van der Waals surface area contributed by atoms with E-state index in [9.17, 15) is 0 Å². The van der Waals surface area contributed by atoms with Gasteiger partial charge < -0.3 is 10.1 Å². The summed E-state index contributed by atoms with van der Waals surface area (Å²) in [6, 6.07) is 9.13. The third-order valence-electron chi connectivity index (χ3n) is 4.19. The number of thioether (sulfide) groups is 1. The fraction of sp³-hybridized carbons (Fsp3) is 0.625. The molecular formula is C16H23NOS. The van der Waals surface area contributed by atoms with Gasteiger partial charge in [0.15, 0.2) is 0 Å². The molecule has 3 rings (SSSR count). The van der Waals surface area contributed by atoms with Gasteiger partial charge in [0.05, 0.1) is 6.10 Å². The Balaban J connectivity index is 1.74. The van der Waals surface area contributed by atoms with Crippen LogP contribution >= 0.6 is 11.8 Å². The highest BCUT2D eigenvalue weighted by atomic mass is 32.2. The van der Waals surface area contributed by atoms with Gasteiger partial charge in [-0.2, -0.15) is 11.8 Å². The molecule has 1 heterocycles. The molecule has 0 bridgehead atoms. The first-order valence-electron chi connectivity index (χ1n) is 7.29.